The van der Waals surface area contributed by atoms with Crippen LogP contribution in [0.3, 0.4) is 0 Å². The van der Waals surface area contributed by atoms with Gasteiger partial charge in [0.15, 0.2) is 0 Å². The highest BCUT2D eigenvalue weighted by atomic mass is 19.1. The first kappa shape index (κ1) is 9.30. The van der Waals surface area contributed by atoms with Gasteiger partial charge >= 0.3 is 11.8 Å². The molecule has 0 heterocycles. The average Bonchev–Trinajstić information content (AvgIpc) is 2.04. The van der Waals surface area contributed by atoms with Crippen molar-refractivity contribution in [2.45, 2.75) is 11.8 Å². The molecule has 0 aromatic rings. The maximum absolute atomic E-state index is 13.3. The number of rotatable bonds is 2. The summed E-state index contributed by atoms with van der Waals surface area (Å²) >= 11 is 0. The van der Waals surface area contributed by atoms with Crippen LogP contribution in [0.2, 0.25) is 0 Å². The van der Waals surface area contributed by atoms with Gasteiger partial charge in [0.25, 0.3) is 0 Å². The summed E-state index contributed by atoms with van der Waals surface area (Å²) in [5, 5.41) is 20.5. The van der Waals surface area contributed by atoms with Gasteiger partial charge in [-0.15, -0.1) is 0 Å². The molecule has 2 unspecified atom stereocenters. The summed E-state index contributed by atoms with van der Waals surface area (Å²) in [5.41, 5.74) is 0. The Labute approximate surface area is 71.7 Å². The first-order valence-corrected chi connectivity index (χ1v) is 3.31. The molecule has 1 aliphatic rings. The Hall–Kier alpha value is -1.79. The largest absolute Gasteiger partial charge is 0.447 e. The third-order valence-electron chi connectivity index (χ3n) is 1.66. The van der Waals surface area contributed by atoms with Gasteiger partial charge in [-0.1, -0.05) is 12.2 Å². The van der Waals surface area contributed by atoms with Crippen LogP contribution in [-0.2, 0) is 0 Å². The summed E-state index contributed by atoms with van der Waals surface area (Å²) in [6.45, 7) is 0. The number of halogens is 1. The van der Waals surface area contributed by atoms with E-state index in [0.29, 0.717) is 6.08 Å². The molecule has 0 aromatic heterocycles. The van der Waals surface area contributed by atoms with Crippen molar-refractivity contribution in [2.24, 2.45) is 0 Å². The van der Waals surface area contributed by atoms with E-state index in [1.165, 1.54) is 6.08 Å². The van der Waals surface area contributed by atoms with Crippen LogP contribution in [0.25, 0.3) is 0 Å². The van der Waals surface area contributed by atoms with E-state index in [9.17, 15) is 24.6 Å². The van der Waals surface area contributed by atoms with Gasteiger partial charge in [0.1, 0.15) is 0 Å². The average molecular weight is 188 g/mol. The Balaban J connectivity index is 3.07. The summed E-state index contributed by atoms with van der Waals surface area (Å²) in [6, 6.07) is -1.95. The van der Waals surface area contributed by atoms with Gasteiger partial charge in [0.05, 0.1) is 4.92 Å². The Morgan fingerprint density at radius 2 is 1.92 bits per heavy atom. The molecule has 0 aromatic carbocycles. The molecule has 1 aliphatic carbocycles. The maximum Gasteiger partial charge on any atom is 0.447 e. The lowest BCUT2D eigenvalue weighted by Crippen LogP contribution is -2.47. The van der Waals surface area contributed by atoms with Crippen molar-refractivity contribution in [3.05, 3.63) is 44.5 Å². The van der Waals surface area contributed by atoms with E-state index >= 15 is 0 Å². The van der Waals surface area contributed by atoms with Gasteiger partial charge < -0.3 is 0 Å². The molecule has 0 bridgehead atoms. The minimum absolute atomic E-state index is 0.570. The van der Waals surface area contributed by atoms with E-state index in [1.54, 1.807) is 0 Å². The van der Waals surface area contributed by atoms with Crippen molar-refractivity contribution in [3.63, 3.8) is 0 Å². The molecule has 7 heteroatoms. The zero-order valence-corrected chi connectivity index (χ0v) is 6.29. The predicted molar refractivity (Wildman–Crippen MR) is 39.9 cm³/mol. The monoisotopic (exact) mass is 188 g/mol. The number of hydrogen-bond donors (Lipinski definition) is 0. The Morgan fingerprint density at radius 3 is 2.31 bits per heavy atom. The number of nitro groups is 2. The second-order valence-electron chi connectivity index (χ2n) is 2.46. The standard InChI is InChI=1S/C6H5FN2O4/c7-6(9(12)13)4-2-1-3-5(6)8(10)11/h1-5H. The lowest BCUT2D eigenvalue weighted by atomic mass is 10.0. The third kappa shape index (κ3) is 1.40. The minimum Gasteiger partial charge on any atom is -0.263 e. The summed E-state index contributed by atoms with van der Waals surface area (Å²) in [6.07, 6.45) is 3.70. The van der Waals surface area contributed by atoms with Gasteiger partial charge in [-0.25, -0.2) is 0 Å². The van der Waals surface area contributed by atoms with Crippen LogP contribution >= 0.6 is 0 Å². The maximum atomic E-state index is 13.3. The number of alkyl halides is 1. The van der Waals surface area contributed by atoms with Gasteiger partial charge in [0, 0.05) is 17.1 Å². The molecule has 0 saturated heterocycles. The van der Waals surface area contributed by atoms with E-state index in [2.05, 4.69) is 0 Å². The van der Waals surface area contributed by atoms with E-state index in [0.717, 1.165) is 12.2 Å². The molecule has 0 aliphatic heterocycles. The van der Waals surface area contributed by atoms with Crippen molar-refractivity contribution in [2.75, 3.05) is 0 Å². The summed E-state index contributed by atoms with van der Waals surface area (Å²) in [4.78, 5) is 18.2. The normalized spacial score (nSPS) is 31.6. The Bertz CT molecular complexity index is 314. The van der Waals surface area contributed by atoms with Crippen molar-refractivity contribution in [3.8, 4) is 0 Å². The van der Waals surface area contributed by atoms with Crippen molar-refractivity contribution in [1.29, 1.82) is 0 Å². The van der Waals surface area contributed by atoms with E-state index in [-0.39, 0.29) is 0 Å². The van der Waals surface area contributed by atoms with Gasteiger partial charge in [0.2, 0.25) is 0 Å². The second kappa shape index (κ2) is 2.92. The summed E-state index contributed by atoms with van der Waals surface area (Å²) < 4.78 is 13.3. The second-order valence-corrected chi connectivity index (χ2v) is 2.46. The van der Waals surface area contributed by atoms with Crippen molar-refractivity contribution >= 4 is 0 Å². The van der Waals surface area contributed by atoms with Crippen LogP contribution in [0.1, 0.15) is 0 Å². The van der Waals surface area contributed by atoms with Crippen LogP contribution in [0.4, 0.5) is 4.39 Å². The first-order chi connectivity index (χ1) is 5.98. The topological polar surface area (TPSA) is 86.3 Å². The summed E-state index contributed by atoms with van der Waals surface area (Å²) in [5.74, 6) is -3.13. The molecule has 2 atom stereocenters. The molecule has 0 amide bonds. The molecule has 0 N–H and O–H groups in total. The molecular formula is C6H5FN2O4. The van der Waals surface area contributed by atoms with E-state index in [1.807, 2.05) is 0 Å². The molecule has 6 nitrogen and oxygen atoms in total. The quantitative estimate of drug-likeness (QED) is 0.362. The molecule has 0 saturated carbocycles. The van der Waals surface area contributed by atoms with Crippen LogP contribution in [0.15, 0.2) is 24.3 Å². The van der Waals surface area contributed by atoms with Crippen LogP contribution in [0, 0.1) is 20.2 Å². The molecule has 0 radical (unpaired) electrons. The zero-order valence-electron chi connectivity index (χ0n) is 6.29. The van der Waals surface area contributed by atoms with Gasteiger partial charge in [-0.05, 0) is 0 Å². The first-order valence-electron chi connectivity index (χ1n) is 3.31. The molecular weight excluding hydrogens is 183 g/mol. The highest BCUT2D eigenvalue weighted by Crippen LogP contribution is 2.25. The summed E-state index contributed by atoms with van der Waals surface area (Å²) in [7, 11) is 0. The third-order valence-corrected chi connectivity index (χ3v) is 1.66. The Morgan fingerprint density at radius 1 is 1.31 bits per heavy atom. The fourth-order valence-electron chi connectivity index (χ4n) is 0.980. The van der Waals surface area contributed by atoms with Crippen molar-refractivity contribution < 1.29 is 14.2 Å². The molecule has 70 valence electrons. The van der Waals surface area contributed by atoms with E-state index in [4.69, 9.17) is 0 Å². The van der Waals surface area contributed by atoms with E-state index < -0.39 is 21.7 Å². The SMILES string of the molecule is O=[N+]([O-])C1C=CC=CC1(F)[N+](=O)[O-]. The molecule has 1 rings (SSSR count). The number of nitrogens with zero attached hydrogens (tertiary/aromatic N) is 2. The minimum atomic E-state index is -3.13. The lowest BCUT2D eigenvalue weighted by Gasteiger charge is -2.16. The lowest BCUT2D eigenvalue weighted by molar-refractivity contribution is -0.660. The highest BCUT2D eigenvalue weighted by molar-refractivity contribution is 5.19. The van der Waals surface area contributed by atoms with Gasteiger partial charge in [-0.3, -0.25) is 20.2 Å². The Kier molecular flexibility index (Phi) is 2.09. The smallest absolute Gasteiger partial charge is 0.263 e. The fraction of sp³-hybridized carbons (Fsp3) is 0.333. The van der Waals surface area contributed by atoms with Crippen molar-refractivity contribution in [1.82, 2.24) is 0 Å². The molecule has 0 fully saturated rings. The number of hydrogen-bond acceptors (Lipinski definition) is 4. The predicted octanol–water partition coefficient (Wildman–Crippen LogP) is 0.700. The highest BCUT2D eigenvalue weighted by Gasteiger charge is 2.57. The van der Waals surface area contributed by atoms with Crippen LogP contribution < -0.4 is 0 Å². The zero-order chi connectivity index (χ0) is 10.1. The van der Waals surface area contributed by atoms with Crippen LogP contribution in [-0.4, -0.2) is 21.7 Å². The number of allylic oxidation sites excluding steroid dienone is 2. The van der Waals surface area contributed by atoms with Crippen LogP contribution in [0.5, 0.6) is 0 Å². The fourth-order valence-corrected chi connectivity index (χ4v) is 0.980. The molecule has 13 heavy (non-hydrogen) atoms. The molecule has 0 spiro atoms. The van der Waals surface area contributed by atoms with Gasteiger partial charge in [-0.2, -0.15) is 4.39 Å².